The number of aromatic nitrogens is 6. The first kappa shape index (κ1) is 12.3. The smallest absolute Gasteiger partial charge is 0.332 e. The average Bonchev–Trinajstić information content (AvgIpc) is 3.01. The van der Waals surface area contributed by atoms with Gasteiger partial charge >= 0.3 is 5.69 Å². The summed E-state index contributed by atoms with van der Waals surface area (Å²) in [4.78, 5) is 32.2. The molecule has 0 saturated heterocycles. The highest BCUT2D eigenvalue weighted by molar-refractivity contribution is 5.70. The molecule has 0 amide bonds. The van der Waals surface area contributed by atoms with Crippen LogP contribution in [0.2, 0.25) is 0 Å². The molecule has 9 nitrogen and oxygen atoms in total. The number of hydrogen-bond acceptors (Lipinski definition) is 6. The van der Waals surface area contributed by atoms with Crippen LogP contribution in [0.1, 0.15) is 11.7 Å². The van der Waals surface area contributed by atoms with Crippen molar-refractivity contribution >= 4 is 11.2 Å². The lowest BCUT2D eigenvalue weighted by Crippen LogP contribution is -2.37. The fourth-order valence-electron chi connectivity index (χ4n) is 2.07. The third-order valence-corrected chi connectivity index (χ3v) is 3.09. The maximum atomic E-state index is 12.2. The molecule has 9 heteroatoms. The maximum absolute atomic E-state index is 12.2. The molecule has 0 bridgehead atoms. The minimum Gasteiger partial charge on any atom is -0.337 e. The molecule has 0 spiro atoms. The van der Waals surface area contributed by atoms with Crippen molar-refractivity contribution in [3.05, 3.63) is 38.9 Å². The van der Waals surface area contributed by atoms with E-state index in [1.807, 2.05) is 0 Å². The number of hydrogen-bond donors (Lipinski definition) is 0. The molecule has 3 heterocycles. The summed E-state index contributed by atoms with van der Waals surface area (Å²) in [6.07, 6.45) is 1.48. The third kappa shape index (κ3) is 1.67. The summed E-state index contributed by atoms with van der Waals surface area (Å²) in [5.41, 5.74) is -0.169. The number of imidazole rings is 1. The summed E-state index contributed by atoms with van der Waals surface area (Å²) in [5, 5.41) is 3.69. The Morgan fingerprint density at radius 1 is 1.25 bits per heavy atom. The van der Waals surface area contributed by atoms with Crippen molar-refractivity contribution in [1.82, 2.24) is 28.8 Å². The molecule has 0 unspecified atom stereocenters. The lowest BCUT2D eigenvalue weighted by Gasteiger charge is -2.04. The quantitative estimate of drug-likeness (QED) is 0.605. The fraction of sp³-hybridized carbons (Fsp3) is 0.364. The molecule has 0 fully saturated rings. The molecule has 0 aliphatic carbocycles. The molecule has 0 aromatic carbocycles. The summed E-state index contributed by atoms with van der Waals surface area (Å²) < 4.78 is 8.98. The van der Waals surface area contributed by atoms with Crippen LogP contribution in [0.25, 0.3) is 11.2 Å². The Bertz CT molecular complexity index is 913. The van der Waals surface area contributed by atoms with Crippen LogP contribution in [0, 0.1) is 6.92 Å². The van der Waals surface area contributed by atoms with Gasteiger partial charge in [0.05, 0.1) is 6.33 Å². The number of rotatable bonds is 2. The van der Waals surface area contributed by atoms with Gasteiger partial charge in [0.15, 0.2) is 17.0 Å². The molecule has 3 aromatic rings. The number of aryl methyl sites for hydroxylation is 2. The normalized spacial score (nSPS) is 11.3. The highest BCUT2D eigenvalue weighted by Gasteiger charge is 2.15. The fourth-order valence-corrected chi connectivity index (χ4v) is 2.07. The Balaban J connectivity index is 2.23. The van der Waals surface area contributed by atoms with E-state index in [-0.39, 0.29) is 6.54 Å². The van der Waals surface area contributed by atoms with E-state index in [1.54, 1.807) is 18.5 Å². The Hall–Kier alpha value is -2.71. The van der Waals surface area contributed by atoms with E-state index in [4.69, 9.17) is 4.52 Å². The van der Waals surface area contributed by atoms with Crippen LogP contribution in [0.15, 0.2) is 20.4 Å². The second kappa shape index (κ2) is 4.15. The van der Waals surface area contributed by atoms with Crippen LogP contribution < -0.4 is 11.2 Å². The van der Waals surface area contributed by atoms with Gasteiger partial charge in [-0.05, 0) is 6.92 Å². The lowest BCUT2D eigenvalue weighted by atomic mass is 10.5. The van der Waals surface area contributed by atoms with Gasteiger partial charge in [0.1, 0.15) is 6.54 Å². The SMILES string of the molecule is Cc1noc(Cn2cnc3c2c(=O)n(C)c(=O)n3C)n1. The van der Waals surface area contributed by atoms with E-state index >= 15 is 0 Å². The van der Waals surface area contributed by atoms with Crippen LogP contribution in [0.5, 0.6) is 0 Å². The van der Waals surface area contributed by atoms with Crippen molar-refractivity contribution in [2.75, 3.05) is 0 Å². The monoisotopic (exact) mass is 276 g/mol. The molecule has 0 aliphatic heterocycles. The zero-order valence-electron chi connectivity index (χ0n) is 11.2. The number of fused-ring (bicyclic) bond motifs is 1. The van der Waals surface area contributed by atoms with Gasteiger partial charge in [0.25, 0.3) is 5.56 Å². The van der Waals surface area contributed by atoms with Gasteiger partial charge in [0, 0.05) is 14.1 Å². The third-order valence-electron chi connectivity index (χ3n) is 3.09. The van der Waals surface area contributed by atoms with E-state index in [9.17, 15) is 9.59 Å². The largest absolute Gasteiger partial charge is 0.337 e. The second-order valence-electron chi connectivity index (χ2n) is 4.49. The molecule has 104 valence electrons. The molecule has 0 aliphatic rings. The summed E-state index contributed by atoms with van der Waals surface area (Å²) in [6.45, 7) is 1.94. The molecular formula is C11H12N6O3. The van der Waals surface area contributed by atoms with Gasteiger partial charge in [-0.1, -0.05) is 5.16 Å². The van der Waals surface area contributed by atoms with Crippen molar-refractivity contribution in [2.45, 2.75) is 13.5 Å². The van der Waals surface area contributed by atoms with Crippen molar-refractivity contribution in [3.8, 4) is 0 Å². The first-order valence-electron chi connectivity index (χ1n) is 5.89. The zero-order chi connectivity index (χ0) is 14.4. The van der Waals surface area contributed by atoms with Gasteiger partial charge in [0.2, 0.25) is 5.89 Å². The van der Waals surface area contributed by atoms with E-state index < -0.39 is 11.2 Å². The first-order chi connectivity index (χ1) is 9.49. The molecule has 0 saturated carbocycles. The summed E-state index contributed by atoms with van der Waals surface area (Å²) in [5.74, 6) is 0.891. The Labute approximate surface area is 112 Å². The topological polar surface area (TPSA) is 101 Å². The van der Waals surface area contributed by atoms with Crippen LogP contribution >= 0.6 is 0 Å². The van der Waals surface area contributed by atoms with E-state index in [0.717, 1.165) is 4.57 Å². The van der Waals surface area contributed by atoms with E-state index in [0.29, 0.717) is 22.9 Å². The van der Waals surface area contributed by atoms with Gasteiger partial charge in [-0.15, -0.1) is 0 Å². The summed E-state index contributed by atoms with van der Waals surface area (Å²) in [7, 11) is 3.00. The Morgan fingerprint density at radius 2 is 2.00 bits per heavy atom. The van der Waals surface area contributed by atoms with E-state index in [2.05, 4.69) is 15.1 Å². The summed E-state index contributed by atoms with van der Waals surface area (Å²) >= 11 is 0. The second-order valence-corrected chi connectivity index (χ2v) is 4.49. The summed E-state index contributed by atoms with van der Waals surface area (Å²) in [6, 6.07) is 0. The average molecular weight is 276 g/mol. The first-order valence-corrected chi connectivity index (χ1v) is 5.89. The Kier molecular flexibility index (Phi) is 2.56. The van der Waals surface area contributed by atoms with Crippen molar-refractivity contribution < 1.29 is 4.52 Å². The van der Waals surface area contributed by atoms with Gasteiger partial charge in [-0.3, -0.25) is 13.9 Å². The Morgan fingerprint density at radius 3 is 2.65 bits per heavy atom. The highest BCUT2D eigenvalue weighted by atomic mass is 16.5. The molecule has 0 N–H and O–H groups in total. The van der Waals surface area contributed by atoms with Crippen molar-refractivity contribution in [3.63, 3.8) is 0 Å². The van der Waals surface area contributed by atoms with Crippen LogP contribution in [0.3, 0.4) is 0 Å². The maximum Gasteiger partial charge on any atom is 0.332 e. The molecule has 0 atom stereocenters. The highest BCUT2D eigenvalue weighted by Crippen LogP contribution is 2.08. The predicted molar refractivity (Wildman–Crippen MR) is 68.4 cm³/mol. The van der Waals surface area contributed by atoms with Crippen LogP contribution in [0.4, 0.5) is 0 Å². The lowest BCUT2D eigenvalue weighted by molar-refractivity contribution is 0.368. The molecule has 20 heavy (non-hydrogen) atoms. The molecule has 3 aromatic heterocycles. The van der Waals surface area contributed by atoms with Gasteiger partial charge in [-0.25, -0.2) is 9.78 Å². The van der Waals surface area contributed by atoms with Crippen molar-refractivity contribution in [2.24, 2.45) is 14.1 Å². The minimum atomic E-state index is -0.415. The number of nitrogens with zero attached hydrogens (tertiary/aromatic N) is 6. The van der Waals surface area contributed by atoms with Gasteiger partial charge < -0.3 is 9.09 Å². The predicted octanol–water partition coefficient (Wildman–Crippen LogP) is -0.827. The zero-order valence-corrected chi connectivity index (χ0v) is 11.2. The van der Waals surface area contributed by atoms with E-state index in [1.165, 1.54) is 17.9 Å². The van der Waals surface area contributed by atoms with Crippen LogP contribution in [-0.2, 0) is 20.6 Å². The standard InChI is InChI=1S/C11H12N6O3/c1-6-13-7(20-14-6)4-17-5-12-9-8(17)10(18)16(3)11(19)15(9)2/h5H,4H2,1-3H3. The minimum absolute atomic E-state index is 0.227. The van der Waals surface area contributed by atoms with Crippen molar-refractivity contribution in [1.29, 1.82) is 0 Å². The van der Waals surface area contributed by atoms with Crippen LogP contribution in [-0.4, -0.2) is 28.8 Å². The molecule has 0 radical (unpaired) electrons. The molecule has 3 rings (SSSR count). The van der Waals surface area contributed by atoms with Gasteiger partial charge in [-0.2, -0.15) is 4.98 Å². The molecular weight excluding hydrogens is 264 g/mol.